The van der Waals surface area contributed by atoms with E-state index in [1.165, 1.54) is 0 Å². The highest BCUT2D eigenvalue weighted by molar-refractivity contribution is 5.83. The minimum atomic E-state index is 0.654. The maximum atomic E-state index is 10.9. The normalized spacial score (nSPS) is 10.9. The Hall–Kier alpha value is -3.27. The number of carbonyl (C=O) groups excluding carboxylic acids is 1. The Morgan fingerprint density at radius 1 is 0.958 bits per heavy atom. The highest BCUT2D eigenvalue weighted by Crippen LogP contribution is 2.31. The zero-order valence-electron chi connectivity index (χ0n) is 13.2. The van der Waals surface area contributed by atoms with Crippen LogP contribution in [0, 0.1) is 6.92 Å². The van der Waals surface area contributed by atoms with E-state index in [1.807, 2.05) is 61.7 Å². The van der Waals surface area contributed by atoms with E-state index in [1.54, 1.807) is 4.52 Å². The number of nitrogens with zero attached hydrogens (tertiary/aromatic N) is 3. The first-order chi connectivity index (χ1) is 11.7. The fourth-order valence-electron chi connectivity index (χ4n) is 2.81. The third-order valence-electron chi connectivity index (χ3n) is 3.98. The van der Waals surface area contributed by atoms with Gasteiger partial charge in [-0.15, -0.1) is 0 Å². The number of aromatic nitrogens is 3. The summed E-state index contributed by atoms with van der Waals surface area (Å²) in [5.41, 5.74) is 6.32. The number of hydrogen-bond donors (Lipinski definition) is 0. The highest BCUT2D eigenvalue weighted by Gasteiger charge is 2.12. The van der Waals surface area contributed by atoms with Gasteiger partial charge in [0.1, 0.15) is 6.29 Å². The lowest BCUT2D eigenvalue weighted by atomic mass is 10.00. The number of fused-ring (bicyclic) bond motifs is 1. The van der Waals surface area contributed by atoms with Crippen molar-refractivity contribution in [2.75, 3.05) is 0 Å². The second-order valence-corrected chi connectivity index (χ2v) is 5.70. The Balaban J connectivity index is 1.98. The zero-order chi connectivity index (χ0) is 16.5. The van der Waals surface area contributed by atoms with Crippen LogP contribution < -0.4 is 0 Å². The highest BCUT2D eigenvalue weighted by atomic mass is 16.1. The molecule has 0 bridgehead atoms. The molecule has 0 N–H and O–H groups in total. The van der Waals surface area contributed by atoms with E-state index in [0.717, 1.165) is 40.0 Å². The van der Waals surface area contributed by atoms with Crippen LogP contribution in [-0.2, 0) is 0 Å². The number of carbonyl (C=O) groups is 1. The van der Waals surface area contributed by atoms with Gasteiger partial charge in [0.25, 0.3) is 0 Å². The summed E-state index contributed by atoms with van der Waals surface area (Å²) in [5.74, 6) is 0. The van der Waals surface area contributed by atoms with Crippen molar-refractivity contribution in [2.24, 2.45) is 0 Å². The van der Waals surface area contributed by atoms with Crippen LogP contribution in [0.2, 0.25) is 0 Å². The van der Waals surface area contributed by atoms with Crippen molar-refractivity contribution in [1.82, 2.24) is 14.6 Å². The van der Waals surface area contributed by atoms with Gasteiger partial charge in [0.05, 0.1) is 11.4 Å². The summed E-state index contributed by atoms with van der Waals surface area (Å²) in [6.07, 6.45) is 2.85. The van der Waals surface area contributed by atoms with E-state index in [2.05, 4.69) is 17.2 Å². The molecule has 2 aromatic heterocycles. The Morgan fingerprint density at radius 2 is 1.71 bits per heavy atom. The molecule has 24 heavy (non-hydrogen) atoms. The largest absolute Gasteiger partial charge is 0.298 e. The molecule has 0 amide bonds. The molecular weight excluding hydrogens is 298 g/mol. The van der Waals surface area contributed by atoms with E-state index in [4.69, 9.17) is 4.98 Å². The van der Waals surface area contributed by atoms with Crippen molar-refractivity contribution in [3.63, 3.8) is 0 Å². The van der Waals surface area contributed by atoms with Crippen LogP contribution in [0.3, 0.4) is 0 Å². The summed E-state index contributed by atoms with van der Waals surface area (Å²) < 4.78 is 1.81. The molecule has 0 aliphatic heterocycles. The van der Waals surface area contributed by atoms with Gasteiger partial charge in [0, 0.05) is 29.0 Å². The third-order valence-corrected chi connectivity index (χ3v) is 3.98. The Bertz CT molecular complexity index is 1020. The average Bonchev–Trinajstić information content (AvgIpc) is 3.00. The second-order valence-electron chi connectivity index (χ2n) is 5.70. The molecule has 0 saturated heterocycles. The number of aldehydes is 1. The summed E-state index contributed by atoms with van der Waals surface area (Å²) in [4.78, 5) is 15.7. The number of rotatable bonds is 3. The average molecular weight is 313 g/mol. The Kier molecular flexibility index (Phi) is 3.43. The van der Waals surface area contributed by atoms with Gasteiger partial charge in [0.2, 0.25) is 0 Å². The van der Waals surface area contributed by atoms with Crippen molar-refractivity contribution in [3.05, 3.63) is 78.1 Å². The van der Waals surface area contributed by atoms with Gasteiger partial charge < -0.3 is 0 Å². The molecule has 116 valence electrons. The molecule has 0 aliphatic rings. The molecule has 0 atom stereocenters. The zero-order valence-corrected chi connectivity index (χ0v) is 13.2. The first-order valence-corrected chi connectivity index (χ1v) is 7.73. The minimum absolute atomic E-state index is 0.654. The maximum absolute atomic E-state index is 10.9. The van der Waals surface area contributed by atoms with Gasteiger partial charge in [-0.25, -0.2) is 9.50 Å². The molecule has 4 nitrogen and oxygen atoms in total. The SMILES string of the molecule is Cc1cc2nc(-c3ccc(C=O)cc3)c(-c3ccccc3)cn2n1. The topological polar surface area (TPSA) is 47.3 Å². The third kappa shape index (κ3) is 2.48. The molecule has 2 aromatic carbocycles. The van der Waals surface area contributed by atoms with Crippen LogP contribution in [0.15, 0.2) is 66.9 Å². The van der Waals surface area contributed by atoms with E-state index in [9.17, 15) is 4.79 Å². The summed E-state index contributed by atoms with van der Waals surface area (Å²) in [6, 6.07) is 19.6. The Morgan fingerprint density at radius 3 is 2.42 bits per heavy atom. The molecule has 0 radical (unpaired) electrons. The molecule has 4 heteroatoms. The van der Waals surface area contributed by atoms with Crippen LogP contribution in [0.4, 0.5) is 0 Å². The quantitative estimate of drug-likeness (QED) is 0.533. The van der Waals surface area contributed by atoms with Crippen LogP contribution in [-0.4, -0.2) is 20.9 Å². The van der Waals surface area contributed by atoms with Crippen molar-refractivity contribution < 1.29 is 4.79 Å². The summed E-state index contributed by atoms with van der Waals surface area (Å²) in [5, 5.41) is 4.47. The van der Waals surface area contributed by atoms with E-state index < -0.39 is 0 Å². The summed E-state index contributed by atoms with van der Waals surface area (Å²) >= 11 is 0. The summed E-state index contributed by atoms with van der Waals surface area (Å²) in [7, 11) is 0. The number of aryl methyl sites for hydroxylation is 1. The monoisotopic (exact) mass is 313 g/mol. The number of hydrogen-bond acceptors (Lipinski definition) is 3. The lowest BCUT2D eigenvalue weighted by Crippen LogP contribution is -1.97. The van der Waals surface area contributed by atoms with Crippen molar-refractivity contribution in [1.29, 1.82) is 0 Å². The molecule has 0 aliphatic carbocycles. The van der Waals surface area contributed by atoms with Crippen molar-refractivity contribution >= 4 is 11.9 Å². The van der Waals surface area contributed by atoms with E-state index in [-0.39, 0.29) is 0 Å². The predicted octanol–water partition coefficient (Wildman–Crippen LogP) is 4.18. The molecule has 4 rings (SSSR count). The fraction of sp³-hybridized carbons (Fsp3) is 0.0500. The molecule has 0 spiro atoms. The lowest BCUT2D eigenvalue weighted by molar-refractivity contribution is 0.112. The van der Waals surface area contributed by atoms with E-state index >= 15 is 0 Å². The molecule has 0 fully saturated rings. The maximum Gasteiger partial charge on any atom is 0.155 e. The second kappa shape index (κ2) is 5.74. The fourth-order valence-corrected chi connectivity index (χ4v) is 2.81. The van der Waals surface area contributed by atoms with Gasteiger partial charge in [0.15, 0.2) is 5.65 Å². The van der Waals surface area contributed by atoms with Crippen LogP contribution in [0.1, 0.15) is 16.1 Å². The number of benzene rings is 2. The molecular formula is C20H15N3O. The van der Waals surface area contributed by atoms with E-state index in [0.29, 0.717) is 5.56 Å². The first-order valence-electron chi connectivity index (χ1n) is 7.73. The first kappa shape index (κ1) is 14.3. The minimum Gasteiger partial charge on any atom is -0.298 e. The molecule has 0 saturated carbocycles. The lowest BCUT2D eigenvalue weighted by Gasteiger charge is -2.10. The van der Waals surface area contributed by atoms with Crippen LogP contribution in [0.25, 0.3) is 28.0 Å². The molecule has 2 heterocycles. The predicted molar refractivity (Wildman–Crippen MR) is 94.0 cm³/mol. The van der Waals surface area contributed by atoms with Crippen molar-refractivity contribution in [2.45, 2.75) is 6.92 Å². The standard InChI is InChI=1S/C20H15N3O/c1-14-11-19-21-20(17-9-7-15(13-24)8-10-17)18(12-23(19)22-14)16-5-3-2-4-6-16/h2-13H,1H3. The van der Waals surface area contributed by atoms with Crippen molar-refractivity contribution in [3.8, 4) is 22.4 Å². The van der Waals surface area contributed by atoms with Gasteiger partial charge >= 0.3 is 0 Å². The van der Waals surface area contributed by atoms with Gasteiger partial charge in [-0.1, -0.05) is 54.6 Å². The van der Waals surface area contributed by atoms with Crippen LogP contribution in [0.5, 0.6) is 0 Å². The Labute approximate surface area is 139 Å². The van der Waals surface area contributed by atoms with Gasteiger partial charge in [-0.3, -0.25) is 4.79 Å². The van der Waals surface area contributed by atoms with Gasteiger partial charge in [-0.2, -0.15) is 5.10 Å². The molecule has 4 aromatic rings. The smallest absolute Gasteiger partial charge is 0.155 e. The van der Waals surface area contributed by atoms with Gasteiger partial charge in [-0.05, 0) is 12.5 Å². The van der Waals surface area contributed by atoms with Crippen LogP contribution >= 0.6 is 0 Å². The summed E-state index contributed by atoms with van der Waals surface area (Å²) in [6.45, 7) is 1.95. The molecule has 0 unspecified atom stereocenters.